The number of amides is 1. The molecular weight excluding hydrogens is 252 g/mol. The highest BCUT2D eigenvalue weighted by atomic mass is 35.5. The molecule has 106 valence electrons. The van der Waals surface area contributed by atoms with E-state index in [1.165, 1.54) is 0 Å². The first-order valence-corrected chi connectivity index (χ1v) is 6.86. The van der Waals surface area contributed by atoms with Gasteiger partial charge in [-0.3, -0.25) is 4.79 Å². The van der Waals surface area contributed by atoms with E-state index >= 15 is 0 Å². The molecule has 1 saturated carbocycles. The van der Waals surface area contributed by atoms with E-state index in [0.29, 0.717) is 12.0 Å². The SMILES string of the molecule is CCCC(N)C(=O)N(CC1CCOC1)C1CC1.Cl. The van der Waals surface area contributed by atoms with E-state index < -0.39 is 0 Å². The van der Waals surface area contributed by atoms with Crippen LogP contribution < -0.4 is 5.73 Å². The van der Waals surface area contributed by atoms with Crippen LogP contribution in [0.25, 0.3) is 0 Å². The standard InChI is InChI=1S/C13H24N2O2.ClH/c1-2-3-12(14)13(16)15(11-4-5-11)8-10-6-7-17-9-10;/h10-12H,2-9,14H2,1H3;1H. The predicted octanol–water partition coefficient (Wildman–Crippen LogP) is 1.56. The molecule has 2 aliphatic rings. The Labute approximate surface area is 116 Å². The predicted molar refractivity (Wildman–Crippen MR) is 73.8 cm³/mol. The van der Waals surface area contributed by atoms with Crippen LogP contribution in [0.3, 0.4) is 0 Å². The minimum absolute atomic E-state index is 0. The molecule has 1 heterocycles. The first-order chi connectivity index (χ1) is 8.22. The van der Waals surface area contributed by atoms with Crippen LogP contribution in [-0.2, 0) is 9.53 Å². The summed E-state index contributed by atoms with van der Waals surface area (Å²) in [6.45, 7) is 4.57. The molecule has 1 aliphatic heterocycles. The molecule has 2 atom stereocenters. The number of nitrogens with two attached hydrogens (primary N) is 1. The fourth-order valence-corrected chi connectivity index (χ4v) is 2.46. The maximum Gasteiger partial charge on any atom is 0.239 e. The maximum absolute atomic E-state index is 12.3. The quantitative estimate of drug-likeness (QED) is 0.801. The lowest BCUT2D eigenvalue weighted by atomic mass is 10.1. The van der Waals surface area contributed by atoms with Gasteiger partial charge in [-0.15, -0.1) is 12.4 Å². The van der Waals surface area contributed by atoms with Crippen LogP contribution in [-0.4, -0.2) is 42.6 Å². The Hall–Kier alpha value is -0.320. The Kier molecular flexibility index (Phi) is 6.39. The van der Waals surface area contributed by atoms with Crippen LogP contribution in [0.2, 0.25) is 0 Å². The summed E-state index contributed by atoms with van der Waals surface area (Å²) in [5.41, 5.74) is 5.95. The molecule has 2 rings (SSSR count). The third kappa shape index (κ3) is 4.11. The van der Waals surface area contributed by atoms with Gasteiger partial charge < -0.3 is 15.4 Å². The fraction of sp³-hybridized carbons (Fsp3) is 0.923. The monoisotopic (exact) mass is 276 g/mol. The van der Waals surface area contributed by atoms with Crippen molar-refractivity contribution in [2.45, 2.75) is 51.1 Å². The van der Waals surface area contributed by atoms with Gasteiger partial charge in [0.1, 0.15) is 0 Å². The number of ether oxygens (including phenoxy) is 1. The Balaban J connectivity index is 0.00000162. The molecule has 4 nitrogen and oxygen atoms in total. The lowest BCUT2D eigenvalue weighted by molar-refractivity contribution is -0.134. The van der Waals surface area contributed by atoms with Gasteiger partial charge in [0.2, 0.25) is 5.91 Å². The molecule has 1 amide bonds. The van der Waals surface area contributed by atoms with Crippen LogP contribution in [0.1, 0.15) is 39.0 Å². The van der Waals surface area contributed by atoms with Crippen molar-refractivity contribution < 1.29 is 9.53 Å². The molecule has 1 aliphatic carbocycles. The number of rotatable bonds is 6. The molecule has 18 heavy (non-hydrogen) atoms. The summed E-state index contributed by atoms with van der Waals surface area (Å²) in [5, 5.41) is 0. The molecule has 0 aromatic rings. The normalized spacial score (nSPS) is 24.4. The van der Waals surface area contributed by atoms with Crippen molar-refractivity contribution in [2.75, 3.05) is 19.8 Å². The number of nitrogens with zero attached hydrogens (tertiary/aromatic N) is 1. The van der Waals surface area contributed by atoms with Crippen LogP contribution in [0.5, 0.6) is 0 Å². The van der Waals surface area contributed by atoms with Gasteiger partial charge in [0, 0.05) is 25.1 Å². The minimum Gasteiger partial charge on any atom is -0.381 e. The van der Waals surface area contributed by atoms with E-state index in [1.807, 2.05) is 4.90 Å². The zero-order valence-electron chi connectivity index (χ0n) is 11.1. The van der Waals surface area contributed by atoms with E-state index in [2.05, 4.69) is 6.92 Å². The summed E-state index contributed by atoms with van der Waals surface area (Å²) < 4.78 is 5.38. The number of carbonyl (C=O) groups excluding carboxylic acids is 1. The van der Waals surface area contributed by atoms with Gasteiger partial charge in [-0.25, -0.2) is 0 Å². The molecule has 0 spiro atoms. The van der Waals surface area contributed by atoms with Crippen molar-refractivity contribution in [2.24, 2.45) is 11.7 Å². The highest BCUT2D eigenvalue weighted by Gasteiger charge is 2.36. The molecule has 0 bridgehead atoms. The highest BCUT2D eigenvalue weighted by molar-refractivity contribution is 5.85. The van der Waals surface area contributed by atoms with Crippen molar-refractivity contribution >= 4 is 18.3 Å². The van der Waals surface area contributed by atoms with Crippen LogP contribution >= 0.6 is 12.4 Å². The molecule has 2 unspecified atom stereocenters. The summed E-state index contributed by atoms with van der Waals surface area (Å²) in [6, 6.07) is 0.161. The zero-order chi connectivity index (χ0) is 12.3. The second-order valence-electron chi connectivity index (χ2n) is 5.35. The lowest BCUT2D eigenvalue weighted by Crippen LogP contribution is -2.46. The number of hydrogen-bond donors (Lipinski definition) is 1. The fourth-order valence-electron chi connectivity index (χ4n) is 2.46. The summed E-state index contributed by atoms with van der Waals surface area (Å²) >= 11 is 0. The second-order valence-corrected chi connectivity index (χ2v) is 5.35. The summed E-state index contributed by atoms with van der Waals surface area (Å²) in [4.78, 5) is 14.3. The Bertz CT molecular complexity index is 266. The Morgan fingerprint density at radius 3 is 2.67 bits per heavy atom. The average Bonchev–Trinajstić information content (AvgIpc) is 3.03. The van der Waals surface area contributed by atoms with Crippen molar-refractivity contribution in [1.29, 1.82) is 0 Å². The molecule has 0 aromatic carbocycles. The zero-order valence-corrected chi connectivity index (χ0v) is 12.0. The molecule has 5 heteroatoms. The summed E-state index contributed by atoms with van der Waals surface area (Å²) in [5.74, 6) is 0.676. The molecule has 2 N–H and O–H groups in total. The van der Waals surface area contributed by atoms with Crippen molar-refractivity contribution in [3.05, 3.63) is 0 Å². The average molecular weight is 277 g/mol. The number of hydrogen-bond acceptors (Lipinski definition) is 3. The third-order valence-electron chi connectivity index (χ3n) is 3.67. The maximum atomic E-state index is 12.3. The Morgan fingerprint density at radius 1 is 1.44 bits per heavy atom. The van der Waals surface area contributed by atoms with Gasteiger partial charge in [-0.1, -0.05) is 13.3 Å². The van der Waals surface area contributed by atoms with E-state index in [9.17, 15) is 4.79 Å². The molecule has 0 aromatic heterocycles. The van der Waals surface area contributed by atoms with E-state index in [4.69, 9.17) is 10.5 Å². The summed E-state index contributed by atoms with van der Waals surface area (Å²) in [7, 11) is 0. The smallest absolute Gasteiger partial charge is 0.239 e. The van der Waals surface area contributed by atoms with E-state index in [0.717, 1.165) is 51.9 Å². The van der Waals surface area contributed by atoms with Crippen LogP contribution in [0.15, 0.2) is 0 Å². The first kappa shape index (κ1) is 15.7. The molecule has 2 fully saturated rings. The van der Waals surface area contributed by atoms with Gasteiger partial charge in [0.15, 0.2) is 0 Å². The number of halogens is 1. The van der Waals surface area contributed by atoms with Crippen LogP contribution in [0, 0.1) is 5.92 Å². The minimum atomic E-state index is -0.303. The van der Waals surface area contributed by atoms with Crippen LogP contribution in [0.4, 0.5) is 0 Å². The number of carbonyl (C=O) groups is 1. The second kappa shape index (κ2) is 7.31. The molecule has 0 radical (unpaired) electrons. The highest BCUT2D eigenvalue weighted by Crippen LogP contribution is 2.29. The summed E-state index contributed by atoms with van der Waals surface area (Å²) in [6.07, 6.45) is 5.15. The first-order valence-electron chi connectivity index (χ1n) is 6.86. The Morgan fingerprint density at radius 2 is 2.17 bits per heavy atom. The third-order valence-corrected chi connectivity index (χ3v) is 3.67. The van der Waals surface area contributed by atoms with Gasteiger partial charge in [0.25, 0.3) is 0 Å². The van der Waals surface area contributed by atoms with Gasteiger partial charge in [0.05, 0.1) is 12.6 Å². The largest absolute Gasteiger partial charge is 0.381 e. The van der Waals surface area contributed by atoms with E-state index in [1.54, 1.807) is 0 Å². The van der Waals surface area contributed by atoms with Crippen molar-refractivity contribution in [3.63, 3.8) is 0 Å². The molecular formula is C13H25ClN2O2. The lowest BCUT2D eigenvalue weighted by Gasteiger charge is -2.27. The van der Waals surface area contributed by atoms with Gasteiger partial charge >= 0.3 is 0 Å². The van der Waals surface area contributed by atoms with Crippen molar-refractivity contribution in [3.8, 4) is 0 Å². The topological polar surface area (TPSA) is 55.6 Å². The van der Waals surface area contributed by atoms with Gasteiger partial charge in [-0.2, -0.15) is 0 Å². The van der Waals surface area contributed by atoms with Gasteiger partial charge in [-0.05, 0) is 25.7 Å². The van der Waals surface area contributed by atoms with E-state index in [-0.39, 0.29) is 24.4 Å². The molecule has 1 saturated heterocycles. The van der Waals surface area contributed by atoms with Crippen molar-refractivity contribution in [1.82, 2.24) is 4.90 Å².